The molecule has 1 aliphatic heterocycles. The van der Waals surface area contributed by atoms with E-state index < -0.39 is 41.2 Å². The second kappa shape index (κ2) is 4.33. The third kappa shape index (κ3) is 2.02. The topological polar surface area (TPSA) is 217 Å². The number of nitrogens with two attached hydrogens (primary N) is 6. The summed E-state index contributed by atoms with van der Waals surface area (Å²) in [5, 5.41) is 0. The van der Waals surface area contributed by atoms with E-state index in [4.69, 9.17) is 34.4 Å². The van der Waals surface area contributed by atoms with Crippen LogP contribution in [0.15, 0.2) is 33.9 Å². The highest BCUT2D eigenvalue weighted by atomic mass is 16.6. The van der Waals surface area contributed by atoms with Crippen LogP contribution in [0.25, 0.3) is 0 Å². The minimum absolute atomic E-state index is 0.188. The van der Waals surface area contributed by atoms with Gasteiger partial charge in [0, 0.05) is 5.57 Å². The van der Waals surface area contributed by atoms with E-state index >= 15 is 0 Å². The Morgan fingerprint density at radius 2 is 1.33 bits per heavy atom. The van der Waals surface area contributed by atoms with Gasteiger partial charge in [0.05, 0.1) is 23.4 Å². The molecule has 1 heterocycles. The second-order valence-electron chi connectivity index (χ2n) is 4.71. The van der Waals surface area contributed by atoms with Gasteiger partial charge in [0.2, 0.25) is 5.78 Å². The number of ether oxygens (including phenoxy) is 1. The van der Waals surface area contributed by atoms with Crippen LogP contribution in [-0.4, -0.2) is 23.4 Å². The molecule has 0 radical (unpaired) electrons. The quantitative estimate of drug-likeness (QED) is 0.111. The first-order chi connectivity index (χ1) is 9.58. The summed E-state index contributed by atoms with van der Waals surface area (Å²) in [5.41, 5.74) is 30.2. The summed E-state index contributed by atoms with van der Waals surface area (Å²) in [6.07, 6.45) is -0.480. The van der Waals surface area contributed by atoms with Crippen molar-refractivity contribution in [1.82, 2.24) is 0 Å². The summed E-state index contributed by atoms with van der Waals surface area (Å²) < 4.78 is 4.46. The van der Waals surface area contributed by atoms with Gasteiger partial charge in [-0.1, -0.05) is 0 Å². The highest BCUT2D eigenvalue weighted by Crippen LogP contribution is 2.32. The van der Waals surface area contributed by atoms with Crippen molar-refractivity contribution in [2.75, 3.05) is 0 Å². The zero-order valence-electron chi connectivity index (χ0n) is 10.8. The van der Waals surface area contributed by atoms with E-state index in [0.29, 0.717) is 0 Å². The van der Waals surface area contributed by atoms with Crippen LogP contribution < -0.4 is 34.4 Å². The summed E-state index contributed by atoms with van der Waals surface area (Å²) in [5.74, 6) is -2.78. The van der Waals surface area contributed by atoms with Crippen LogP contribution in [0, 0.1) is 0 Å². The van der Waals surface area contributed by atoms with Gasteiger partial charge in [-0.05, 0) is 0 Å². The van der Waals surface area contributed by atoms with Gasteiger partial charge in [-0.25, -0.2) is 4.79 Å². The number of carbonyl (C=O) groups excluding carboxylic acids is 3. The Morgan fingerprint density at radius 1 is 0.857 bits per heavy atom. The molecule has 0 saturated carbocycles. The monoisotopic (exact) mass is 294 g/mol. The Balaban J connectivity index is 2.80. The zero-order valence-corrected chi connectivity index (χ0v) is 10.8. The Morgan fingerprint density at radius 3 is 1.76 bits per heavy atom. The average molecular weight is 294 g/mol. The van der Waals surface area contributed by atoms with Crippen molar-refractivity contribution in [3.63, 3.8) is 0 Å². The van der Waals surface area contributed by atoms with Crippen molar-refractivity contribution in [3.8, 4) is 0 Å². The lowest BCUT2D eigenvalue weighted by Crippen LogP contribution is -2.59. The van der Waals surface area contributed by atoms with Crippen LogP contribution in [-0.2, 0) is 19.1 Å². The fourth-order valence-electron chi connectivity index (χ4n) is 2.12. The maximum absolute atomic E-state index is 11.9. The van der Waals surface area contributed by atoms with Gasteiger partial charge in [-0.3, -0.25) is 9.59 Å². The van der Waals surface area contributed by atoms with Crippen LogP contribution in [0.5, 0.6) is 0 Å². The average Bonchev–Trinajstić information content (AvgIpc) is 2.36. The molecule has 0 bridgehead atoms. The molecule has 0 aromatic rings. The highest BCUT2D eigenvalue weighted by Gasteiger charge is 2.45. The van der Waals surface area contributed by atoms with E-state index in [2.05, 4.69) is 4.74 Å². The van der Waals surface area contributed by atoms with Gasteiger partial charge >= 0.3 is 11.9 Å². The first-order valence-corrected chi connectivity index (χ1v) is 5.71. The fraction of sp³-hybridized carbons (Fsp3) is 0.182. The van der Waals surface area contributed by atoms with Gasteiger partial charge in [0.1, 0.15) is 17.1 Å². The fourth-order valence-corrected chi connectivity index (χ4v) is 2.12. The Labute approximate surface area is 118 Å². The molecule has 0 aromatic heterocycles. The van der Waals surface area contributed by atoms with Crippen LogP contribution in [0.1, 0.15) is 6.42 Å². The number of carbonyl (C=O) groups is 3. The minimum atomic E-state index is -1.88. The molecule has 0 amide bonds. The van der Waals surface area contributed by atoms with E-state index in [-0.39, 0.29) is 22.5 Å². The summed E-state index contributed by atoms with van der Waals surface area (Å²) in [6.45, 7) is 0. The lowest BCUT2D eigenvalue weighted by atomic mass is 9.84. The third-order valence-corrected chi connectivity index (χ3v) is 3.17. The molecule has 112 valence electrons. The van der Waals surface area contributed by atoms with Crippen LogP contribution in [0.4, 0.5) is 0 Å². The number of ketones is 1. The normalized spacial score (nSPS) is 22.9. The van der Waals surface area contributed by atoms with Crippen molar-refractivity contribution in [3.05, 3.63) is 33.9 Å². The Hall–Kier alpha value is -2.85. The molecule has 12 N–H and O–H groups in total. The lowest BCUT2D eigenvalue weighted by molar-refractivity contribution is -0.161. The van der Waals surface area contributed by atoms with Crippen molar-refractivity contribution >= 4 is 17.7 Å². The van der Waals surface area contributed by atoms with Crippen molar-refractivity contribution in [2.24, 2.45) is 34.4 Å². The van der Waals surface area contributed by atoms with Crippen molar-refractivity contribution in [2.45, 2.75) is 12.1 Å². The maximum Gasteiger partial charge on any atom is 0.345 e. The Kier molecular flexibility index (Phi) is 3.00. The van der Waals surface area contributed by atoms with Gasteiger partial charge in [0.25, 0.3) is 0 Å². The molecule has 10 heteroatoms. The number of hydrogen-bond donors (Lipinski definition) is 6. The molecule has 0 spiro atoms. The number of hydrogen-bond acceptors (Lipinski definition) is 10. The predicted octanol–water partition coefficient (Wildman–Crippen LogP) is -3.79. The minimum Gasteiger partial charge on any atom is -0.396 e. The molecule has 1 fully saturated rings. The molecule has 0 atom stereocenters. The molecule has 0 unspecified atom stereocenters. The Bertz CT molecular complexity index is 655. The third-order valence-electron chi connectivity index (χ3n) is 3.17. The van der Waals surface area contributed by atoms with Crippen LogP contribution >= 0.6 is 0 Å². The SMILES string of the molecule is NC1=C(N)C(=C2C(=O)OC(=O)CC2(N)N)C(N)=C(N)C1=O. The summed E-state index contributed by atoms with van der Waals surface area (Å²) >= 11 is 0. The standard InChI is InChI=1S/C11H14N6O4/c12-5-3(6(13)8(15)9(19)7(5)14)4-10(20)21-2(18)1-11(4,16)17/h1,12-17H2. The number of Topliss-reactive ketones (excluding diaryl/α,β-unsaturated/α-hetero) is 1. The molecular formula is C11H14N6O4. The largest absolute Gasteiger partial charge is 0.396 e. The van der Waals surface area contributed by atoms with Gasteiger partial charge in [0.15, 0.2) is 0 Å². The molecule has 10 nitrogen and oxygen atoms in total. The van der Waals surface area contributed by atoms with E-state index in [0.717, 1.165) is 0 Å². The first kappa shape index (κ1) is 14.6. The summed E-state index contributed by atoms with van der Waals surface area (Å²) in [4.78, 5) is 34.9. The molecular weight excluding hydrogens is 280 g/mol. The molecule has 0 aromatic carbocycles. The van der Waals surface area contributed by atoms with Gasteiger partial charge in [-0.15, -0.1) is 0 Å². The second-order valence-corrected chi connectivity index (χ2v) is 4.71. The zero-order chi connectivity index (χ0) is 16.1. The first-order valence-electron chi connectivity index (χ1n) is 5.71. The smallest absolute Gasteiger partial charge is 0.345 e. The van der Waals surface area contributed by atoms with Crippen molar-refractivity contribution in [1.29, 1.82) is 0 Å². The highest BCUT2D eigenvalue weighted by molar-refractivity contribution is 6.12. The molecule has 2 rings (SSSR count). The van der Waals surface area contributed by atoms with E-state index in [1.165, 1.54) is 0 Å². The van der Waals surface area contributed by atoms with E-state index in [1.54, 1.807) is 0 Å². The maximum atomic E-state index is 11.9. The number of esters is 2. The number of rotatable bonds is 0. The molecule has 1 saturated heterocycles. The van der Waals surface area contributed by atoms with Gasteiger partial charge < -0.3 is 39.1 Å². The van der Waals surface area contributed by atoms with Crippen LogP contribution in [0.3, 0.4) is 0 Å². The van der Waals surface area contributed by atoms with E-state index in [1.807, 2.05) is 0 Å². The number of cyclic esters (lactones) is 2. The molecule has 2 aliphatic rings. The lowest BCUT2D eigenvalue weighted by Gasteiger charge is -2.33. The van der Waals surface area contributed by atoms with E-state index in [9.17, 15) is 14.4 Å². The molecule has 1 aliphatic carbocycles. The summed E-state index contributed by atoms with van der Waals surface area (Å²) in [7, 11) is 0. The molecule has 21 heavy (non-hydrogen) atoms. The van der Waals surface area contributed by atoms with Crippen molar-refractivity contribution < 1.29 is 19.1 Å². The summed E-state index contributed by atoms with van der Waals surface area (Å²) in [6, 6.07) is 0. The predicted molar refractivity (Wildman–Crippen MR) is 69.7 cm³/mol. The van der Waals surface area contributed by atoms with Crippen LogP contribution in [0.2, 0.25) is 0 Å². The van der Waals surface area contributed by atoms with Gasteiger partial charge in [-0.2, -0.15) is 0 Å².